The standard InChI is InChI=1S/C11H10ClN3O2/c1-2-8-6-11(12)14(13-8)9-4-3-5-10(7-9)15(16)17/h3-7H,2H2,1H3. The van der Waals surface area contributed by atoms with Gasteiger partial charge in [-0.2, -0.15) is 5.10 Å². The van der Waals surface area contributed by atoms with Crippen LogP contribution in [0.4, 0.5) is 5.69 Å². The summed E-state index contributed by atoms with van der Waals surface area (Å²) in [6, 6.07) is 7.96. The monoisotopic (exact) mass is 251 g/mol. The van der Waals surface area contributed by atoms with Gasteiger partial charge < -0.3 is 0 Å². The highest BCUT2D eigenvalue weighted by Crippen LogP contribution is 2.21. The molecule has 1 heterocycles. The molecule has 17 heavy (non-hydrogen) atoms. The molecule has 0 aliphatic rings. The maximum atomic E-state index is 10.7. The Morgan fingerprint density at radius 1 is 1.47 bits per heavy atom. The zero-order valence-electron chi connectivity index (χ0n) is 9.13. The van der Waals surface area contributed by atoms with E-state index in [2.05, 4.69) is 5.10 Å². The van der Waals surface area contributed by atoms with E-state index in [0.29, 0.717) is 10.8 Å². The van der Waals surface area contributed by atoms with Crippen molar-refractivity contribution in [2.24, 2.45) is 0 Å². The highest BCUT2D eigenvalue weighted by Gasteiger charge is 2.10. The summed E-state index contributed by atoms with van der Waals surface area (Å²) < 4.78 is 1.49. The molecule has 2 aromatic rings. The smallest absolute Gasteiger partial charge is 0.258 e. The summed E-state index contributed by atoms with van der Waals surface area (Å²) in [7, 11) is 0. The normalized spacial score (nSPS) is 10.5. The first kappa shape index (κ1) is 11.6. The summed E-state index contributed by atoms with van der Waals surface area (Å²) in [5.74, 6) is 0. The van der Waals surface area contributed by atoms with Crippen LogP contribution in [0.3, 0.4) is 0 Å². The fraction of sp³-hybridized carbons (Fsp3) is 0.182. The Kier molecular flexibility index (Phi) is 3.10. The van der Waals surface area contributed by atoms with Gasteiger partial charge in [0, 0.05) is 12.1 Å². The maximum absolute atomic E-state index is 10.7. The second-order valence-electron chi connectivity index (χ2n) is 3.50. The summed E-state index contributed by atoms with van der Waals surface area (Å²) >= 11 is 6.02. The molecule has 88 valence electrons. The van der Waals surface area contributed by atoms with Crippen molar-refractivity contribution in [1.82, 2.24) is 9.78 Å². The number of hydrogen-bond acceptors (Lipinski definition) is 3. The van der Waals surface area contributed by atoms with Gasteiger partial charge >= 0.3 is 0 Å². The van der Waals surface area contributed by atoms with E-state index in [0.717, 1.165) is 12.1 Å². The lowest BCUT2D eigenvalue weighted by molar-refractivity contribution is -0.384. The minimum Gasteiger partial charge on any atom is -0.258 e. The van der Waals surface area contributed by atoms with Gasteiger partial charge in [-0.05, 0) is 18.6 Å². The average molecular weight is 252 g/mol. The molecule has 2 rings (SSSR count). The molecule has 0 aliphatic heterocycles. The van der Waals surface area contributed by atoms with Gasteiger partial charge in [0.2, 0.25) is 0 Å². The van der Waals surface area contributed by atoms with Crippen LogP contribution in [-0.4, -0.2) is 14.7 Å². The van der Waals surface area contributed by atoms with E-state index >= 15 is 0 Å². The maximum Gasteiger partial charge on any atom is 0.271 e. The van der Waals surface area contributed by atoms with Crippen LogP contribution >= 0.6 is 11.6 Å². The Bertz CT molecular complexity index is 566. The third kappa shape index (κ3) is 2.29. The molecule has 0 spiro atoms. The first-order valence-corrected chi connectivity index (χ1v) is 5.49. The van der Waals surface area contributed by atoms with Crippen LogP contribution in [-0.2, 0) is 6.42 Å². The first-order valence-electron chi connectivity index (χ1n) is 5.11. The van der Waals surface area contributed by atoms with Crippen molar-refractivity contribution >= 4 is 17.3 Å². The minimum absolute atomic E-state index is 0.0205. The zero-order valence-corrected chi connectivity index (χ0v) is 9.89. The third-order valence-corrected chi connectivity index (χ3v) is 2.63. The van der Waals surface area contributed by atoms with Gasteiger partial charge in [-0.1, -0.05) is 24.6 Å². The molecule has 0 unspecified atom stereocenters. The van der Waals surface area contributed by atoms with Crippen LogP contribution in [0.1, 0.15) is 12.6 Å². The largest absolute Gasteiger partial charge is 0.271 e. The molecule has 0 aliphatic carbocycles. The third-order valence-electron chi connectivity index (χ3n) is 2.36. The molecular formula is C11H10ClN3O2. The molecule has 0 saturated carbocycles. The number of nitrogens with zero attached hydrogens (tertiary/aromatic N) is 3. The zero-order chi connectivity index (χ0) is 12.4. The molecule has 1 aromatic carbocycles. The number of non-ortho nitro benzene ring substituents is 1. The van der Waals surface area contributed by atoms with Crippen LogP contribution < -0.4 is 0 Å². The summed E-state index contributed by atoms with van der Waals surface area (Å²) in [4.78, 5) is 10.2. The topological polar surface area (TPSA) is 61.0 Å². The molecule has 0 atom stereocenters. The van der Waals surface area contributed by atoms with Gasteiger partial charge in [0.15, 0.2) is 0 Å². The Labute approximate surface area is 103 Å². The van der Waals surface area contributed by atoms with Gasteiger partial charge in [0.05, 0.1) is 16.3 Å². The molecule has 0 saturated heterocycles. The van der Waals surface area contributed by atoms with E-state index < -0.39 is 4.92 Å². The van der Waals surface area contributed by atoms with Gasteiger partial charge in [-0.15, -0.1) is 0 Å². The Morgan fingerprint density at radius 3 is 2.82 bits per heavy atom. The number of halogens is 1. The lowest BCUT2D eigenvalue weighted by atomic mass is 10.3. The van der Waals surface area contributed by atoms with E-state index in [9.17, 15) is 10.1 Å². The van der Waals surface area contributed by atoms with Gasteiger partial charge in [0.1, 0.15) is 5.15 Å². The van der Waals surface area contributed by atoms with E-state index in [-0.39, 0.29) is 5.69 Å². The molecule has 0 bridgehead atoms. The molecule has 1 aromatic heterocycles. The van der Waals surface area contributed by atoms with Crippen molar-refractivity contribution in [2.45, 2.75) is 13.3 Å². The van der Waals surface area contributed by atoms with Crippen LogP contribution in [0.5, 0.6) is 0 Å². The van der Waals surface area contributed by atoms with Crippen molar-refractivity contribution in [1.29, 1.82) is 0 Å². The minimum atomic E-state index is -0.443. The van der Waals surface area contributed by atoms with Crippen molar-refractivity contribution < 1.29 is 4.92 Å². The van der Waals surface area contributed by atoms with Gasteiger partial charge in [-0.25, -0.2) is 4.68 Å². The van der Waals surface area contributed by atoms with Crippen molar-refractivity contribution in [3.8, 4) is 5.69 Å². The molecular weight excluding hydrogens is 242 g/mol. The van der Waals surface area contributed by atoms with Crippen molar-refractivity contribution in [3.05, 3.63) is 51.3 Å². The van der Waals surface area contributed by atoms with E-state index in [1.807, 2.05) is 6.92 Å². The molecule has 0 N–H and O–H groups in total. The first-order chi connectivity index (χ1) is 8.11. The second-order valence-corrected chi connectivity index (χ2v) is 3.89. The number of benzene rings is 1. The number of nitro groups is 1. The van der Waals surface area contributed by atoms with Crippen molar-refractivity contribution in [2.75, 3.05) is 0 Å². The van der Waals surface area contributed by atoms with Crippen LogP contribution in [0.2, 0.25) is 5.15 Å². The summed E-state index contributed by atoms with van der Waals surface area (Å²) in [6.45, 7) is 1.97. The number of hydrogen-bond donors (Lipinski definition) is 0. The predicted molar refractivity (Wildman–Crippen MR) is 64.6 cm³/mol. The lowest BCUT2D eigenvalue weighted by Gasteiger charge is -2.02. The second kappa shape index (κ2) is 4.55. The summed E-state index contributed by atoms with van der Waals surface area (Å²) in [6.07, 6.45) is 0.766. The SMILES string of the molecule is CCc1cc(Cl)n(-c2cccc([N+](=O)[O-])c2)n1. The number of aromatic nitrogens is 2. The fourth-order valence-corrected chi connectivity index (χ4v) is 1.76. The quantitative estimate of drug-likeness (QED) is 0.622. The summed E-state index contributed by atoms with van der Waals surface area (Å²) in [5, 5.41) is 15.4. The van der Waals surface area contributed by atoms with E-state index in [4.69, 9.17) is 11.6 Å². The van der Waals surface area contributed by atoms with Crippen LogP contribution in [0.25, 0.3) is 5.69 Å². The lowest BCUT2D eigenvalue weighted by Crippen LogP contribution is -1.98. The van der Waals surface area contributed by atoms with Crippen LogP contribution in [0.15, 0.2) is 30.3 Å². The molecule has 0 fully saturated rings. The summed E-state index contributed by atoms with van der Waals surface area (Å²) in [5.41, 5.74) is 1.46. The molecule has 0 radical (unpaired) electrons. The average Bonchev–Trinajstić information content (AvgIpc) is 2.71. The molecule has 5 nitrogen and oxygen atoms in total. The van der Waals surface area contributed by atoms with E-state index in [1.165, 1.54) is 16.8 Å². The Morgan fingerprint density at radius 2 is 2.24 bits per heavy atom. The highest BCUT2D eigenvalue weighted by molar-refractivity contribution is 6.29. The van der Waals surface area contributed by atoms with Crippen molar-refractivity contribution in [3.63, 3.8) is 0 Å². The predicted octanol–water partition coefficient (Wildman–Crippen LogP) is 3.00. The highest BCUT2D eigenvalue weighted by atomic mass is 35.5. The number of aryl methyl sites for hydroxylation is 1. The Hall–Kier alpha value is -1.88. The number of rotatable bonds is 3. The van der Waals surface area contributed by atoms with Gasteiger partial charge in [-0.3, -0.25) is 10.1 Å². The molecule has 0 amide bonds. The Balaban J connectivity index is 2.48. The number of nitro benzene ring substituents is 1. The fourth-order valence-electron chi connectivity index (χ4n) is 1.50. The van der Waals surface area contributed by atoms with Crippen LogP contribution in [0, 0.1) is 10.1 Å². The van der Waals surface area contributed by atoms with E-state index in [1.54, 1.807) is 18.2 Å². The van der Waals surface area contributed by atoms with Gasteiger partial charge in [0.25, 0.3) is 5.69 Å². The molecule has 6 heteroatoms.